The van der Waals surface area contributed by atoms with Gasteiger partial charge >= 0.3 is 0 Å². The Balaban J connectivity index is 1.62. The van der Waals surface area contributed by atoms with Crippen LogP contribution in [0.25, 0.3) is 0 Å². The minimum atomic E-state index is -3.78. The van der Waals surface area contributed by atoms with Crippen molar-refractivity contribution in [3.05, 3.63) is 90.0 Å². The van der Waals surface area contributed by atoms with Crippen LogP contribution in [-0.2, 0) is 32.5 Å². The van der Waals surface area contributed by atoms with E-state index < -0.39 is 22.2 Å². The molecule has 1 aliphatic rings. The number of benzene rings is 3. The Labute approximate surface area is 241 Å². The number of hydrogen-bond donors (Lipinski definition) is 2. The molecule has 3 aromatic carbocycles. The Morgan fingerprint density at radius 2 is 1.76 bits per heavy atom. The number of ether oxygens (including phenoxy) is 1. The molecule has 41 heavy (non-hydrogen) atoms. The lowest BCUT2D eigenvalue weighted by atomic mass is 10.0. The van der Waals surface area contributed by atoms with Crippen molar-refractivity contribution in [1.82, 2.24) is 9.21 Å². The summed E-state index contributed by atoms with van der Waals surface area (Å²) in [5.41, 5.74) is 1.97. The molecule has 0 aliphatic carbocycles. The molecule has 3 atom stereocenters. The van der Waals surface area contributed by atoms with Crippen molar-refractivity contribution in [3.8, 4) is 5.75 Å². The van der Waals surface area contributed by atoms with Gasteiger partial charge in [0.1, 0.15) is 11.9 Å². The van der Waals surface area contributed by atoms with Crippen molar-refractivity contribution in [2.45, 2.75) is 43.7 Å². The molecule has 218 valence electrons. The summed E-state index contributed by atoms with van der Waals surface area (Å²) in [6, 6.07) is 22.3. The number of anilines is 1. The summed E-state index contributed by atoms with van der Waals surface area (Å²) in [5.74, 6) is -0.207. The van der Waals surface area contributed by atoms with Crippen LogP contribution in [0, 0.1) is 5.92 Å². The number of rotatable bonds is 9. The van der Waals surface area contributed by atoms with Crippen molar-refractivity contribution in [2.24, 2.45) is 5.92 Å². The number of aliphatic hydroxyl groups is 1. The number of fused-ring (bicyclic) bond motifs is 1. The number of carbonyl (C=O) groups is 2. The van der Waals surface area contributed by atoms with E-state index in [4.69, 9.17) is 4.74 Å². The van der Waals surface area contributed by atoms with E-state index in [2.05, 4.69) is 5.32 Å². The van der Waals surface area contributed by atoms with Crippen molar-refractivity contribution in [1.29, 1.82) is 0 Å². The molecule has 0 bridgehead atoms. The molecule has 3 aromatic rings. The van der Waals surface area contributed by atoms with Crippen molar-refractivity contribution < 1.29 is 27.9 Å². The van der Waals surface area contributed by atoms with Crippen molar-refractivity contribution in [2.75, 3.05) is 32.1 Å². The number of amides is 2. The quantitative estimate of drug-likeness (QED) is 0.402. The van der Waals surface area contributed by atoms with E-state index in [1.165, 1.54) is 11.4 Å². The summed E-state index contributed by atoms with van der Waals surface area (Å²) in [4.78, 5) is 27.9. The predicted molar refractivity (Wildman–Crippen MR) is 157 cm³/mol. The highest BCUT2D eigenvalue weighted by molar-refractivity contribution is 7.89. The smallest absolute Gasteiger partial charge is 0.242 e. The number of nitrogens with one attached hydrogen (secondary N) is 1. The van der Waals surface area contributed by atoms with Gasteiger partial charge in [-0.3, -0.25) is 9.59 Å². The molecule has 2 amide bonds. The minimum absolute atomic E-state index is 0.000335. The second-order valence-corrected chi connectivity index (χ2v) is 12.6. The average molecular weight is 580 g/mol. The van der Waals surface area contributed by atoms with Crippen molar-refractivity contribution in [3.63, 3.8) is 0 Å². The maximum atomic E-state index is 13.4. The van der Waals surface area contributed by atoms with Gasteiger partial charge in [0, 0.05) is 30.8 Å². The topological polar surface area (TPSA) is 116 Å². The fraction of sp³-hybridized carbons (Fsp3) is 0.355. The zero-order valence-electron chi connectivity index (χ0n) is 23.6. The third kappa shape index (κ3) is 7.52. The molecular formula is C31H37N3O6S. The number of aliphatic hydroxyl groups excluding tert-OH is 1. The standard InChI is InChI=1S/C31H37N3O6S/c1-22-19-34(23(2)21-35)31(37)18-25-17-26(32-30(36)16-24-10-6-4-7-11-24)14-15-28(25)40-29(22)20-33(3)41(38,39)27-12-8-5-9-13-27/h4-15,17,22-23,29,35H,16,18-21H2,1-3H3,(H,32,36)/t22-,23-,29+/m0/s1. The number of hydrogen-bond acceptors (Lipinski definition) is 6. The van der Waals surface area contributed by atoms with Gasteiger partial charge in [0.2, 0.25) is 21.8 Å². The maximum absolute atomic E-state index is 13.4. The van der Waals surface area contributed by atoms with Crippen LogP contribution in [0.2, 0.25) is 0 Å². The number of carbonyl (C=O) groups excluding carboxylic acids is 2. The summed E-state index contributed by atoms with van der Waals surface area (Å²) in [6.07, 6.45) is -0.397. The van der Waals surface area contributed by atoms with Crippen LogP contribution in [0.1, 0.15) is 25.0 Å². The summed E-state index contributed by atoms with van der Waals surface area (Å²) in [6.45, 7) is 3.78. The van der Waals surface area contributed by atoms with Gasteiger partial charge in [-0.25, -0.2) is 8.42 Å². The molecular weight excluding hydrogens is 542 g/mol. The van der Waals surface area contributed by atoms with Crippen molar-refractivity contribution >= 4 is 27.5 Å². The molecule has 0 fully saturated rings. The van der Waals surface area contributed by atoms with Gasteiger partial charge in [0.05, 0.1) is 36.9 Å². The minimum Gasteiger partial charge on any atom is -0.488 e. The largest absolute Gasteiger partial charge is 0.488 e. The number of likely N-dealkylation sites (N-methyl/N-ethyl adjacent to an activating group) is 1. The summed E-state index contributed by atoms with van der Waals surface area (Å²) < 4.78 is 34.2. The molecule has 4 rings (SSSR count). The van der Waals surface area contributed by atoms with E-state index >= 15 is 0 Å². The molecule has 0 saturated carbocycles. The van der Waals surface area contributed by atoms with Crippen LogP contribution in [0.3, 0.4) is 0 Å². The van der Waals surface area contributed by atoms with Gasteiger partial charge in [-0.05, 0) is 42.8 Å². The summed E-state index contributed by atoms with van der Waals surface area (Å²) in [7, 11) is -2.26. The van der Waals surface area contributed by atoms with Crippen LogP contribution in [-0.4, -0.2) is 73.4 Å². The molecule has 0 aromatic heterocycles. The Morgan fingerprint density at radius 1 is 1.10 bits per heavy atom. The van der Waals surface area contributed by atoms with E-state index in [1.807, 2.05) is 37.3 Å². The van der Waals surface area contributed by atoms with E-state index in [0.717, 1.165) is 5.56 Å². The molecule has 0 saturated heterocycles. The highest BCUT2D eigenvalue weighted by atomic mass is 32.2. The normalized spacial score (nSPS) is 18.5. The molecule has 2 N–H and O–H groups in total. The lowest BCUT2D eigenvalue weighted by molar-refractivity contribution is -0.134. The third-order valence-corrected chi connectivity index (χ3v) is 9.13. The molecule has 0 radical (unpaired) electrons. The molecule has 9 nitrogen and oxygen atoms in total. The van der Waals surface area contributed by atoms with E-state index in [-0.39, 0.29) is 55.2 Å². The molecule has 1 aliphatic heterocycles. The highest BCUT2D eigenvalue weighted by Gasteiger charge is 2.33. The van der Waals surface area contributed by atoms with Crippen LogP contribution in [0.5, 0.6) is 5.75 Å². The van der Waals surface area contributed by atoms with Gasteiger partial charge in [0.25, 0.3) is 0 Å². The first-order chi connectivity index (χ1) is 19.6. The van der Waals surface area contributed by atoms with Gasteiger partial charge < -0.3 is 20.1 Å². The first kappa shape index (κ1) is 30.2. The second-order valence-electron chi connectivity index (χ2n) is 10.5. The average Bonchev–Trinajstić information content (AvgIpc) is 3.01. The van der Waals surface area contributed by atoms with Crippen LogP contribution < -0.4 is 10.1 Å². The Morgan fingerprint density at radius 3 is 2.41 bits per heavy atom. The fourth-order valence-electron chi connectivity index (χ4n) is 4.84. The van der Waals surface area contributed by atoms with E-state index in [0.29, 0.717) is 17.0 Å². The number of nitrogens with zero attached hydrogens (tertiary/aromatic N) is 2. The van der Waals surface area contributed by atoms with Gasteiger partial charge in [-0.2, -0.15) is 4.31 Å². The van der Waals surface area contributed by atoms with Gasteiger partial charge in [-0.1, -0.05) is 55.5 Å². The molecule has 0 spiro atoms. The Kier molecular flexibility index (Phi) is 9.80. The summed E-state index contributed by atoms with van der Waals surface area (Å²) in [5, 5.41) is 12.8. The Bertz CT molecular complexity index is 1450. The SMILES string of the molecule is C[C@H]1CN([C@@H](C)CO)C(=O)Cc2cc(NC(=O)Cc3ccccc3)ccc2O[C@@H]1CN(C)S(=O)(=O)c1ccccc1. The lowest BCUT2D eigenvalue weighted by Gasteiger charge is -2.33. The molecule has 10 heteroatoms. The number of sulfonamides is 1. The highest BCUT2D eigenvalue weighted by Crippen LogP contribution is 2.30. The van der Waals surface area contributed by atoms with E-state index in [1.54, 1.807) is 60.4 Å². The second kappa shape index (κ2) is 13.3. The molecule has 0 unspecified atom stereocenters. The Hall–Kier alpha value is -3.73. The monoisotopic (exact) mass is 579 g/mol. The van der Waals surface area contributed by atoms with Crippen LogP contribution in [0.15, 0.2) is 83.8 Å². The zero-order chi connectivity index (χ0) is 29.6. The summed E-state index contributed by atoms with van der Waals surface area (Å²) >= 11 is 0. The fourth-order valence-corrected chi connectivity index (χ4v) is 6.04. The lowest BCUT2D eigenvalue weighted by Crippen LogP contribution is -2.48. The maximum Gasteiger partial charge on any atom is 0.242 e. The van der Waals surface area contributed by atoms with Gasteiger partial charge in [0.15, 0.2) is 0 Å². The van der Waals surface area contributed by atoms with Crippen LogP contribution in [0.4, 0.5) is 5.69 Å². The van der Waals surface area contributed by atoms with Gasteiger partial charge in [-0.15, -0.1) is 0 Å². The predicted octanol–water partition coefficient (Wildman–Crippen LogP) is 3.34. The first-order valence-corrected chi connectivity index (χ1v) is 15.1. The van der Waals surface area contributed by atoms with Crippen LogP contribution >= 0.6 is 0 Å². The first-order valence-electron chi connectivity index (χ1n) is 13.6. The third-order valence-electron chi connectivity index (χ3n) is 7.30. The van der Waals surface area contributed by atoms with E-state index in [9.17, 15) is 23.1 Å². The molecule has 1 heterocycles. The zero-order valence-corrected chi connectivity index (χ0v) is 24.4.